The van der Waals surface area contributed by atoms with Crippen LogP contribution in [0.1, 0.15) is 0 Å². The van der Waals surface area contributed by atoms with Crippen LogP contribution < -0.4 is 10.5 Å². The highest BCUT2D eigenvalue weighted by atomic mass is 16.1. The first kappa shape index (κ1) is 8.81. The topological polar surface area (TPSA) is 36.1 Å². The van der Waals surface area contributed by atoms with E-state index in [2.05, 4.69) is 4.98 Å². The summed E-state index contributed by atoms with van der Waals surface area (Å²) in [6.07, 6.45) is 0. The summed E-state index contributed by atoms with van der Waals surface area (Å²) in [5.41, 5.74) is 1.93. The number of pyridine rings is 1. The summed E-state index contributed by atoms with van der Waals surface area (Å²) >= 11 is 0. The van der Waals surface area contributed by atoms with Crippen LogP contribution in [0.15, 0.2) is 35.1 Å². The second kappa shape index (κ2) is 3.18. The summed E-state index contributed by atoms with van der Waals surface area (Å²) in [6.45, 7) is 0. The number of nitrogens with zero attached hydrogens (tertiary/aromatic N) is 1. The fraction of sp³-hybridized carbons (Fsp3) is 0.182. The van der Waals surface area contributed by atoms with E-state index < -0.39 is 0 Å². The van der Waals surface area contributed by atoms with Crippen LogP contribution in [-0.4, -0.2) is 19.1 Å². The molecule has 0 bridgehead atoms. The predicted molar refractivity (Wildman–Crippen MR) is 58.9 cm³/mol. The quantitative estimate of drug-likeness (QED) is 0.737. The van der Waals surface area contributed by atoms with Gasteiger partial charge in [0.05, 0.1) is 5.52 Å². The normalized spacial score (nSPS) is 10.4. The van der Waals surface area contributed by atoms with E-state index in [1.165, 1.54) is 0 Å². The van der Waals surface area contributed by atoms with Crippen molar-refractivity contribution in [2.45, 2.75) is 0 Å². The van der Waals surface area contributed by atoms with Gasteiger partial charge in [-0.2, -0.15) is 0 Å². The molecule has 2 rings (SSSR count). The van der Waals surface area contributed by atoms with Crippen LogP contribution in [0.5, 0.6) is 0 Å². The van der Waals surface area contributed by atoms with Crippen LogP contribution in [0.2, 0.25) is 0 Å². The molecule has 1 aromatic carbocycles. The zero-order valence-corrected chi connectivity index (χ0v) is 8.24. The minimum absolute atomic E-state index is 0.0617. The summed E-state index contributed by atoms with van der Waals surface area (Å²) in [4.78, 5) is 15.9. The van der Waals surface area contributed by atoms with E-state index in [4.69, 9.17) is 0 Å². The molecule has 1 N–H and O–H groups in total. The fourth-order valence-electron chi connectivity index (χ4n) is 1.56. The van der Waals surface area contributed by atoms with Gasteiger partial charge in [-0.1, -0.05) is 6.07 Å². The smallest absolute Gasteiger partial charge is 0.248 e. The van der Waals surface area contributed by atoms with Crippen molar-refractivity contribution in [2.24, 2.45) is 0 Å². The average molecular weight is 188 g/mol. The van der Waals surface area contributed by atoms with Gasteiger partial charge < -0.3 is 9.88 Å². The number of nitrogens with one attached hydrogen (secondary N) is 1. The van der Waals surface area contributed by atoms with Gasteiger partial charge in [0.1, 0.15) is 0 Å². The molecule has 72 valence electrons. The minimum Gasteiger partial charge on any atom is -0.377 e. The Morgan fingerprint density at radius 2 is 1.93 bits per heavy atom. The van der Waals surface area contributed by atoms with Crippen molar-refractivity contribution in [3.8, 4) is 0 Å². The largest absolute Gasteiger partial charge is 0.377 e. The number of fused-ring (bicyclic) bond motifs is 1. The molecule has 0 atom stereocenters. The molecule has 1 heterocycles. The average Bonchev–Trinajstić information content (AvgIpc) is 2.16. The first-order valence-electron chi connectivity index (χ1n) is 4.48. The van der Waals surface area contributed by atoms with Crippen LogP contribution in [0.4, 0.5) is 5.69 Å². The van der Waals surface area contributed by atoms with Gasteiger partial charge in [0, 0.05) is 31.2 Å². The SMILES string of the molecule is CN(C)c1cccc2[nH]c(=O)ccc12. The zero-order chi connectivity index (χ0) is 10.1. The van der Waals surface area contributed by atoms with Crippen molar-refractivity contribution >= 4 is 16.6 Å². The Morgan fingerprint density at radius 3 is 2.64 bits per heavy atom. The summed E-state index contributed by atoms with van der Waals surface area (Å²) in [5.74, 6) is 0. The van der Waals surface area contributed by atoms with E-state index in [0.29, 0.717) is 0 Å². The molecule has 2 aromatic rings. The lowest BCUT2D eigenvalue weighted by Crippen LogP contribution is -2.10. The van der Waals surface area contributed by atoms with Crippen molar-refractivity contribution in [3.63, 3.8) is 0 Å². The Kier molecular flexibility index (Phi) is 2.00. The number of H-pyrrole nitrogens is 1. The van der Waals surface area contributed by atoms with E-state index >= 15 is 0 Å². The lowest BCUT2D eigenvalue weighted by molar-refractivity contribution is 1.14. The molecule has 0 saturated carbocycles. The van der Waals surface area contributed by atoms with Crippen molar-refractivity contribution in [1.29, 1.82) is 0 Å². The molecule has 0 radical (unpaired) electrons. The molecule has 0 unspecified atom stereocenters. The Labute approximate surface area is 82.0 Å². The Balaban J connectivity index is 2.81. The highest BCUT2D eigenvalue weighted by Crippen LogP contribution is 2.22. The first-order valence-corrected chi connectivity index (χ1v) is 4.48. The molecule has 0 spiro atoms. The van der Waals surface area contributed by atoms with Gasteiger partial charge in [0.2, 0.25) is 5.56 Å². The maximum absolute atomic E-state index is 11.1. The van der Waals surface area contributed by atoms with Crippen LogP contribution in [0.3, 0.4) is 0 Å². The second-order valence-electron chi connectivity index (χ2n) is 3.46. The summed E-state index contributed by atoms with van der Waals surface area (Å²) in [6, 6.07) is 9.27. The van der Waals surface area contributed by atoms with Crippen molar-refractivity contribution in [2.75, 3.05) is 19.0 Å². The molecule has 0 aliphatic heterocycles. The molecular weight excluding hydrogens is 176 g/mol. The van der Waals surface area contributed by atoms with Gasteiger partial charge in [-0.05, 0) is 18.2 Å². The number of aromatic amines is 1. The third kappa shape index (κ3) is 1.37. The molecule has 14 heavy (non-hydrogen) atoms. The van der Waals surface area contributed by atoms with Gasteiger partial charge in [0.15, 0.2) is 0 Å². The van der Waals surface area contributed by atoms with Gasteiger partial charge in [-0.15, -0.1) is 0 Å². The van der Waals surface area contributed by atoms with Crippen molar-refractivity contribution in [1.82, 2.24) is 4.98 Å². The van der Waals surface area contributed by atoms with Gasteiger partial charge in [0.25, 0.3) is 0 Å². The molecule has 0 amide bonds. The molecule has 3 heteroatoms. The van der Waals surface area contributed by atoms with E-state index in [0.717, 1.165) is 16.6 Å². The Morgan fingerprint density at radius 1 is 1.14 bits per heavy atom. The second-order valence-corrected chi connectivity index (χ2v) is 3.46. The number of anilines is 1. The van der Waals surface area contributed by atoms with Crippen LogP contribution in [0, 0.1) is 0 Å². The molecular formula is C11H12N2O. The number of hydrogen-bond acceptors (Lipinski definition) is 2. The van der Waals surface area contributed by atoms with Crippen molar-refractivity contribution in [3.05, 3.63) is 40.7 Å². The van der Waals surface area contributed by atoms with Gasteiger partial charge in [-0.3, -0.25) is 4.79 Å². The van der Waals surface area contributed by atoms with Crippen molar-refractivity contribution < 1.29 is 0 Å². The number of benzene rings is 1. The molecule has 0 fully saturated rings. The lowest BCUT2D eigenvalue weighted by atomic mass is 10.2. The van der Waals surface area contributed by atoms with Crippen LogP contribution in [0.25, 0.3) is 10.9 Å². The first-order chi connectivity index (χ1) is 6.68. The van der Waals surface area contributed by atoms with E-state index in [9.17, 15) is 4.79 Å². The Bertz CT molecular complexity index is 514. The molecule has 1 aromatic heterocycles. The molecule has 0 aliphatic rings. The molecule has 0 saturated heterocycles. The minimum atomic E-state index is -0.0617. The zero-order valence-electron chi connectivity index (χ0n) is 8.24. The summed E-state index contributed by atoms with van der Waals surface area (Å²) < 4.78 is 0. The lowest BCUT2D eigenvalue weighted by Gasteiger charge is -2.14. The Hall–Kier alpha value is -1.77. The summed E-state index contributed by atoms with van der Waals surface area (Å²) in [5, 5.41) is 1.07. The molecule has 0 aliphatic carbocycles. The van der Waals surface area contributed by atoms with Crippen LogP contribution in [-0.2, 0) is 0 Å². The third-order valence-electron chi connectivity index (χ3n) is 2.22. The van der Waals surface area contributed by atoms with E-state index in [1.807, 2.05) is 43.3 Å². The standard InChI is InChI=1S/C11H12N2O/c1-13(2)10-5-3-4-9-8(10)6-7-11(14)12-9/h3-7H,1-2H3,(H,12,14). The maximum Gasteiger partial charge on any atom is 0.248 e. The number of rotatable bonds is 1. The van der Waals surface area contributed by atoms with E-state index in [-0.39, 0.29) is 5.56 Å². The van der Waals surface area contributed by atoms with Crippen LogP contribution >= 0.6 is 0 Å². The summed E-state index contributed by atoms with van der Waals surface area (Å²) in [7, 11) is 3.97. The highest BCUT2D eigenvalue weighted by Gasteiger charge is 2.01. The highest BCUT2D eigenvalue weighted by molar-refractivity contribution is 5.91. The monoisotopic (exact) mass is 188 g/mol. The number of hydrogen-bond donors (Lipinski definition) is 1. The maximum atomic E-state index is 11.1. The fourth-order valence-corrected chi connectivity index (χ4v) is 1.56. The predicted octanol–water partition coefficient (Wildman–Crippen LogP) is 1.59. The number of aromatic nitrogens is 1. The van der Waals surface area contributed by atoms with Gasteiger partial charge >= 0.3 is 0 Å². The van der Waals surface area contributed by atoms with E-state index in [1.54, 1.807) is 6.07 Å². The molecule has 3 nitrogen and oxygen atoms in total. The van der Waals surface area contributed by atoms with Gasteiger partial charge in [-0.25, -0.2) is 0 Å². The third-order valence-corrected chi connectivity index (χ3v) is 2.22.